The van der Waals surface area contributed by atoms with E-state index in [0.29, 0.717) is 0 Å². The van der Waals surface area contributed by atoms with Crippen LogP contribution in [-0.2, 0) is 6.42 Å². The highest BCUT2D eigenvalue weighted by molar-refractivity contribution is 5.43. The number of aromatic nitrogens is 1. The molecule has 1 aromatic heterocycles. The number of halogens is 2. The number of pyridine rings is 1. The Bertz CT molecular complexity index is 503. The lowest BCUT2D eigenvalue weighted by Crippen LogP contribution is -2.34. The number of unbranched alkanes of at least 4 members (excludes halogenated alkanes) is 1. The van der Waals surface area contributed by atoms with Gasteiger partial charge in [-0.2, -0.15) is 0 Å². The van der Waals surface area contributed by atoms with E-state index in [4.69, 9.17) is 0 Å². The Labute approximate surface area is 113 Å². The maximum Gasteiger partial charge on any atom is 0.250 e. The normalized spacial score (nSPS) is 17.5. The summed E-state index contributed by atoms with van der Waals surface area (Å²) in [6.07, 6.45) is 6.63. The average Bonchev–Trinajstić information content (AvgIpc) is 2.32. The van der Waals surface area contributed by atoms with E-state index < -0.39 is 5.92 Å². The standard InChI is InChI=1S/C16H19F2N/c1-3-4-5-15-12(2)10-19-11-14(15)7-6-13-8-16(17,18)9-13/h10-11,13H,3-5,8-9H2,1-2H3. The summed E-state index contributed by atoms with van der Waals surface area (Å²) >= 11 is 0. The van der Waals surface area contributed by atoms with Gasteiger partial charge in [0.25, 0.3) is 5.92 Å². The number of rotatable bonds is 3. The lowest BCUT2D eigenvalue weighted by molar-refractivity contribution is -0.0936. The first kappa shape index (κ1) is 14.0. The lowest BCUT2D eigenvalue weighted by atomic mass is 9.82. The van der Waals surface area contributed by atoms with Crippen LogP contribution in [-0.4, -0.2) is 10.9 Å². The third kappa shape index (κ3) is 3.53. The highest BCUT2D eigenvalue weighted by Gasteiger charge is 2.44. The quantitative estimate of drug-likeness (QED) is 0.747. The van der Waals surface area contributed by atoms with Gasteiger partial charge in [-0.3, -0.25) is 4.98 Å². The Morgan fingerprint density at radius 2 is 2.11 bits per heavy atom. The monoisotopic (exact) mass is 263 g/mol. The van der Waals surface area contributed by atoms with Gasteiger partial charge in [0, 0.05) is 36.7 Å². The number of nitrogens with zero attached hydrogens (tertiary/aromatic N) is 1. The van der Waals surface area contributed by atoms with Crippen LogP contribution in [0.15, 0.2) is 12.4 Å². The number of aryl methyl sites for hydroxylation is 1. The molecule has 0 amide bonds. The number of hydrogen-bond donors (Lipinski definition) is 0. The smallest absolute Gasteiger partial charge is 0.250 e. The van der Waals surface area contributed by atoms with Crippen molar-refractivity contribution in [2.24, 2.45) is 5.92 Å². The molecule has 102 valence electrons. The van der Waals surface area contributed by atoms with Gasteiger partial charge in [0.2, 0.25) is 0 Å². The van der Waals surface area contributed by atoms with E-state index in [9.17, 15) is 8.78 Å². The molecule has 1 aliphatic carbocycles. The highest BCUT2D eigenvalue weighted by atomic mass is 19.3. The van der Waals surface area contributed by atoms with Crippen molar-refractivity contribution in [2.45, 2.75) is 51.9 Å². The van der Waals surface area contributed by atoms with Crippen LogP contribution >= 0.6 is 0 Å². The van der Waals surface area contributed by atoms with Crippen molar-refractivity contribution in [3.8, 4) is 11.8 Å². The SMILES string of the molecule is CCCCc1c(C)cncc1C#CC1CC(F)(F)C1. The Balaban J connectivity index is 2.12. The van der Waals surface area contributed by atoms with Gasteiger partial charge in [0.1, 0.15) is 0 Å². The second-order valence-electron chi connectivity index (χ2n) is 5.32. The van der Waals surface area contributed by atoms with Crippen LogP contribution < -0.4 is 0 Å². The van der Waals surface area contributed by atoms with Crippen molar-refractivity contribution in [3.63, 3.8) is 0 Å². The van der Waals surface area contributed by atoms with Crippen molar-refractivity contribution in [3.05, 3.63) is 29.1 Å². The minimum atomic E-state index is -2.49. The largest absolute Gasteiger partial charge is 0.263 e. The van der Waals surface area contributed by atoms with E-state index in [0.717, 1.165) is 30.4 Å². The van der Waals surface area contributed by atoms with E-state index in [2.05, 4.69) is 23.7 Å². The Hall–Kier alpha value is -1.43. The zero-order valence-electron chi connectivity index (χ0n) is 11.5. The summed E-state index contributed by atoms with van der Waals surface area (Å²) in [6.45, 7) is 4.18. The first-order valence-corrected chi connectivity index (χ1v) is 6.84. The van der Waals surface area contributed by atoms with E-state index in [1.165, 1.54) is 5.56 Å². The predicted octanol–water partition coefficient (Wildman–Crippen LogP) is 4.13. The highest BCUT2D eigenvalue weighted by Crippen LogP contribution is 2.41. The van der Waals surface area contributed by atoms with Crippen LogP contribution in [0.4, 0.5) is 8.78 Å². The molecule has 3 heteroatoms. The van der Waals surface area contributed by atoms with Crippen molar-refractivity contribution in [1.29, 1.82) is 0 Å². The summed E-state index contributed by atoms with van der Waals surface area (Å²) in [5, 5.41) is 0. The molecule has 0 N–H and O–H groups in total. The van der Waals surface area contributed by atoms with Gasteiger partial charge in [-0.1, -0.05) is 25.2 Å². The molecule has 1 saturated carbocycles. The van der Waals surface area contributed by atoms with Crippen LogP contribution in [0.3, 0.4) is 0 Å². The number of alkyl halides is 2. The van der Waals surface area contributed by atoms with E-state index in [1.807, 2.05) is 13.1 Å². The topological polar surface area (TPSA) is 12.9 Å². The average molecular weight is 263 g/mol. The summed E-state index contributed by atoms with van der Waals surface area (Å²) in [5.41, 5.74) is 3.26. The van der Waals surface area contributed by atoms with Gasteiger partial charge < -0.3 is 0 Å². The molecule has 0 saturated heterocycles. The van der Waals surface area contributed by atoms with Gasteiger partial charge >= 0.3 is 0 Å². The maximum atomic E-state index is 12.7. The van der Waals surface area contributed by atoms with Crippen LogP contribution in [0, 0.1) is 24.7 Å². The Morgan fingerprint density at radius 1 is 1.37 bits per heavy atom. The fourth-order valence-corrected chi connectivity index (χ4v) is 2.33. The van der Waals surface area contributed by atoms with Crippen LogP contribution in [0.2, 0.25) is 0 Å². The molecule has 1 aromatic rings. The molecule has 1 aliphatic rings. The molecular weight excluding hydrogens is 244 g/mol. The molecular formula is C16H19F2N. The summed E-state index contributed by atoms with van der Waals surface area (Å²) in [4.78, 5) is 4.15. The third-order valence-corrected chi connectivity index (χ3v) is 3.55. The summed E-state index contributed by atoms with van der Waals surface area (Å²) in [5.74, 6) is 3.37. The Morgan fingerprint density at radius 3 is 2.74 bits per heavy atom. The molecule has 1 fully saturated rings. The molecule has 0 unspecified atom stereocenters. The molecule has 2 rings (SSSR count). The first-order valence-electron chi connectivity index (χ1n) is 6.84. The minimum Gasteiger partial charge on any atom is -0.263 e. The maximum absolute atomic E-state index is 12.7. The first-order chi connectivity index (χ1) is 9.02. The molecule has 0 aliphatic heterocycles. The molecule has 0 atom stereocenters. The second kappa shape index (κ2) is 5.69. The molecule has 0 radical (unpaired) electrons. The van der Waals surface area contributed by atoms with Crippen LogP contribution in [0.5, 0.6) is 0 Å². The molecule has 0 aromatic carbocycles. The van der Waals surface area contributed by atoms with Gasteiger partial charge in [-0.05, 0) is 30.9 Å². The Kier molecular flexibility index (Phi) is 4.19. The van der Waals surface area contributed by atoms with Gasteiger partial charge in [0.05, 0.1) is 0 Å². The summed E-state index contributed by atoms with van der Waals surface area (Å²) in [6, 6.07) is 0. The molecule has 0 spiro atoms. The minimum absolute atomic E-state index is 0.0937. The lowest BCUT2D eigenvalue weighted by Gasteiger charge is -2.31. The van der Waals surface area contributed by atoms with Crippen molar-refractivity contribution >= 4 is 0 Å². The van der Waals surface area contributed by atoms with Crippen LogP contribution in [0.1, 0.15) is 49.3 Å². The molecule has 19 heavy (non-hydrogen) atoms. The predicted molar refractivity (Wildman–Crippen MR) is 72.1 cm³/mol. The van der Waals surface area contributed by atoms with E-state index >= 15 is 0 Å². The van der Waals surface area contributed by atoms with Gasteiger partial charge in [-0.15, -0.1) is 0 Å². The van der Waals surface area contributed by atoms with Gasteiger partial charge in [-0.25, -0.2) is 8.78 Å². The van der Waals surface area contributed by atoms with Gasteiger partial charge in [0.15, 0.2) is 0 Å². The molecule has 1 nitrogen and oxygen atoms in total. The zero-order valence-corrected chi connectivity index (χ0v) is 11.5. The van der Waals surface area contributed by atoms with Crippen molar-refractivity contribution < 1.29 is 8.78 Å². The zero-order chi connectivity index (χ0) is 13.9. The third-order valence-electron chi connectivity index (χ3n) is 3.55. The van der Waals surface area contributed by atoms with Crippen molar-refractivity contribution in [2.75, 3.05) is 0 Å². The second-order valence-corrected chi connectivity index (χ2v) is 5.32. The van der Waals surface area contributed by atoms with E-state index in [-0.39, 0.29) is 18.8 Å². The van der Waals surface area contributed by atoms with Crippen LogP contribution in [0.25, 0.3) is 0 Å². The van der Waals surface area contributed by atoms with E-state index in [1.54, 1.807) is 6.20 Å². The fourth-order valence-electron chi connectivity index (χ4n) is 2.33. The molecule has 1 heterocycles. The van der Waals surface area contributed by atoms with Crippen molar-refractivity contribution in [1.82, 2.24) is 4.98 Å². The summed E-state index contributed by atoms with van der Waals surface area (Å²) < 4.78 is 25.5. The fraction of sp³-hybridized carbons (Fsp3) is 0.562. The number of hydrogen-bond acceptors (Lipinski definition) is 1. The summed E-state index contributed by atoms with van der Waals surface area (Å²) in [7, 11) is 0. The molecule has 0 bridgehead atoms.